The lowest BCUT2D eigenvalue weighted by Gasteiger charge is -2.28. The molecule has 31 heavy (non-hydrogen) atoms. The summed E-state index contributed by atoms with van der Waals surface area (Å²) in [7, 11) is 0. The topological polar surface area (TPSA) is 163 Å². The Morgan fingerprint density at radius 2 is 1.71 bits per heavy atom. The van der Waals surface area contributed by atoms with Gasteiger partial charge >= 0.3 is 6.03 Å². The van der Waals surface area contributed by atoms with Crippen LogP contribution in [-0.4, -0.2) is 59.3 Å². The number of amides is 6. The molecule has 1 aliphatic heterocycles. The molecular formula is C20H32N6O5. The quantitative estimate of drug-likeness (QED) is 0.148. The van der Waals surface area contributed by atoms with Crippen LogP contribution in [0.25, 0.3) is 0 Å². The molecule has 0 spiro atoms. The van der Waals surface area contributed by atoms with E-state index in [0.29, 0.717) is 12.8 Å². The summed E-state index contributed by atoms with van der Waals surface area (Å²) in [6, 6.07) is -2.68. The van der Waals surface area contributed by atoms with Gasteiger partial charge in [0, 0.05) is 24.7 Å². The molecule has 0 aromatic heterocycles. The summed E-state index contributed by atoms with van der Waals surface area (Å²) < 4.78 is 0. The van der Waals surface area contributed by atoms with Gasteiger partial charge in [0.2, 0.25) is 11.8 Å². The van der Waals surface area contributed by atoms with Crippen molar-refractivity contribution in [3.8, 4) is 0 Å². The van der Waals surface area contributed by atoms with Crippen LogP contribution in [0.5, 0.6) is 0 Å². The lowest BCUT2D eigenvalue weighted by Crippen LogP contribution is -2.59. The highest BCUT2D eigenvalue weighted by Gasteiger charge is 2.33. The summed E-state index contributed by atoms with van der Waals surface area (Å²) in [6.45, 7) is 9.17. The first-order valence-electron chi connectivity index (χ1n) is 10.1. The third-order valence-electron chi connectivity index (χ3n) is 4.54. The van der Waals surface area contributed by atoms with Crippen LogP contribution in [0.1, 0.15) is 40.0 Å². The number of hydrogen-bond donors (Lipinski definition) is 5. The summed E-state index contributed by atoms with van der Waals surface area (Å²) in [6.07, 6.45) is 5.07. The van der Waals surface area contributed by atoms with Gasteiger partial charge in [-0.15, -0.1) is 6.58 Å². The fourth-order valence-corrected chi connectivity index (χ4v) is 2.88. The van der Waals surface area contributed by atoms with E-state index in [9.17, 15) is 24.0 Å². The Morgan fingerprint density at radius 1 is 1.10 bits per heavy atom. The van der Waals surface area contributed by atoms with E-state index in [1.807, 2.05) is 6.92 Å². The predicted octanol–water partition coefficient (Wildman–Crippen LogP) is -0.545. The van der Waals surface area contributed by atoms with Gasteiger partial charge in [-0.05, 0) is 32.1 Å². The number of hydrazine groups is 1. The first-order valence-corrected chi connectivity index (χ1v) is 10.1. The Kier molecular flexibility index (Phi) is 10.4. The number of carbonyl (C=O) groups is 5. The Hall–Kier alpha value is -3.21. The van der Waals surface area contributed by atoms with E-state index in [2.05, 4.69) is 28.0 Å². The Bertz CT molecular complexity index is 718. The fraction of sp³-hybridized carbons (Fsp3) is 0.550. The highest BCUT2D eigenvalue weighted by Crippen LogP contribution is 2.09. The van der Waals surface area contributed by atoms with Gasteiger partial charge in [0.15, 0.2) is 0 Å². The molecular weight excluding hydrogens is 404 g/mol. The lowest BCUT2D eigenvalue weighted by molar-refractivity contribution is -0.143. The number of urea groups is 1. The molecule has 1 rings (SSSR count). The maximum absolute atomic E-state index is 12.9. The molecule has 11 nitrogen and oxygen atoms in total. The van der Waals surface area contributed by atoms with Crippen molar-refractivity contribution in [3.05, 3.63) is 24.8 Å². The summed E-state index contributed by atoms with van der Waals surface area (Å²) in [5.74, 6) is -2.37. The molecule has 0 saturated carbocycles. The minimum absolute atomic E-state index is 0.182. The highest BCUT2D eigenvalue weighted by molar-refractivity contribution is 6.12. The molecule has 0 fully saturated rings. The van der Waals surface area contributed by atoms with Crippen LogP contribution >= 0.6 is 0 Å². The van der Waals surface area contributed by atoms with Crippen molar-refractivity contribution >= 4 is 29.7 Å². The van der Waals surface area contributed by atoms with Crippen molar-refractivity contribution in [1.29, 1.82) is 0 Å². The van der Waals surface area contributed by atoms with E-state index >= 15 is 0 Å². The maximum Gasteiger partial charge on any atom is 0.312 e. The van der Waals surface area contributed by atoms with Crippen LogP contribution in [-0.2, 0) is 19.2 Å². The molecule has 6 amide bonds. The SMILES string of the molecule is C=CCC(C)NC(=O)[C@H](CCCNC(N)=O)NC(=O)C(NN1C(=O)C=CC1=O)C(C)C. The number of nitrogens with two attached hydrogens (primary N) is 1. The number of nitrogens with one attached hydrogen (secondary N) is 4. The van der Waals surface area contributed by atoms with Crippen LogP contribution in [0.15, 0.2) is 24.8 Å². The minimum atomic E-state index is -0.933. The lowest BCUT2D eigenvalue weighted by atomic mass is 10.0. The molecule has 0 aromatic carbocycles. The van der Waals surface area contributed by atoms with Crippen LogP contribution in [0, 0.1) is 5.92 Å². The zero-order chi connectivity index (χ0) is 23.6. The number of rotatable bonds is 13. The largest absolute Gasteiger partial charge is 0.352 e. The van der Waals surface area contributed by atoms with Crippen molar-refractivity contribution in [2.45, 2.75) is 58.2 Å². The Labute approximate surface area is 181 Å². The van der Waals surface area contributed by atoms with Gasteiger partial charge in [0.05, 0.1) is 0 Å². The fourth-order valence-electron chi connectivity index (χ4n) is 2.88. The molecule has 6 N–H and O–H groups in total. The number of imide groups is 1. The minimum Gasteiger partial charge on any atom is -0.352 e. The maximum atomic E-state index is 12.9. The zero-order valence-electron chi connectivity index (χ0n) is 18.1. The highest BCUT2D eigenvalue weighted by atomic mass is 16.2. The first-order chi connectivity index (χ1) is 14.6. The number of nitrogens with zero attached hydrogens (tertiary/aromatic N) is 1. The standard InChI is InChI=1S/C20H32N6O5/c1-5-7-13(4)23-18(29)14(8-6-11-22-20(21)31)24-19(30)17(12(2)3)25-26-15(27)9-10-16(26)28/h5,9-10,12-14,17,25H,1,6-8,11H2,2-4H3,(H,23,29)(H,24,30)(H3,21,22,31)/t13?,14-,17?/m0/s1. The molecule has 3 atom stereocenters. The zero-order valence-corrected chi connectivity index (χ0v) is 18.1. The molecule has 11 heteroatoms. The molecule has 0 aromatic rings. The smallest absolute Gasteiger partial charge is 0.312 e. The van der Waals surface area contributed by atoms with Crippen LogP contribution in [0.3, 0.4) is 0 Å². The molecule has 0 saturated heterocycles. The Morgan fingerprint density at radius 3 is 2.23 bits per heavy atom. The number of carbonyl (C=O) groups excluding carboxylic acids is 5. The second-order valence-electron chi connectivity index (χ2n) is 7.62. The monoisotopic (exact) mass is 436 g/mol. The summed E-state index contributed by atoms with van der Waals surface area (Å²) in [5, 5.41) is 8.69. The van der Waals surface area contributed by atoms with Gasteiger partial charge in [-0.3, -0.25) is 19.2 Å². The van der Waals surface area contributed by atoms with E-state index in [1.54, 1.807) is 19.9 Å². The number of primary amides is 1. The van der Waals surface area contributed by atoms with Crippen LogP contribution in [0.4, 0.5) is 4.79 Å². The van der Waals surface area contributed by atoms with Gasteiger partial charge in [0.25, 0.3) is 11.8 Å². The Balaban J connectivity index is 2.86. The van der Waals surface area contributed by atoms with Crippen molar-refractivity contribution in [2.24, 2.45) is 11.7 Å². The average molecular weight is 437 g/mol. The molecule has 0 radical (unpaired) electrons. The third kappa shape index (κ3) is 8.59. The average Bonchev–Trinajstić information content (AvgIpc) is 2.99. The predicted molar refractivity (Wildman–Crippen MR) is 114 cm³/mol. The van der Waals surface area contributed by atoms with Gasteiger partial charge in [-0.25, -0.2) is 15.2 Å². The first kappa shape index (κ1) is 25.8. The molecule has 0 aliphatic carbocycles. The van der Waals surface area contributed by atoms with Gasteiger partial charge in [0.1, 0.15) is 12.1 Å². The van der Waals surface area contributed by atoms with E-state index in [0.717, 1.165) is 17.2 Å². The van der Waals surface area contributed by atoms with Crippen LogP contribution in [0.2, 0.25) is 0 Å². The van der Waals surface area contributed by atoms with Crippen molar-refractivity contribution in [3.63, 3.8) is 0 Å². The van der Waals surface area contributed by atoms with Crippen molar-refractivity contribution < 1.29 is 24.0 Å². The van der Waals surface area contributed by atoms with Gasteiger partial charge in [-0.1, -0.05) is 19.9 Å². The third-order valence-corrected chi connectivity index (χ3v) is 4.54. The second-order valence-corrected chi connectivity index (χ2v) is 7.62. The second kappa shape index (κ2) is 12.5. The van der Waals surface area contributed by atoms with Gasteiger partial charge in [-0.2, -0.15) is 0 Å². The normalized spacial score (nSPS) is 16.1. The van der Waals surface area contributed by atoms with Gasteiger partial charge < -0.3 is 21.7 Å². The van der Waals surface area contributed by atoms with E-state index in [1.165, 1.54) is 0 Å². The molecule has 1 heterocycles. The summed E-state index contributed by atoms with van der Waals surface area (Å²) >= 11 is 0. The molecule has 0 bridgehead atoms. The van der Waals surface area contributed by atoms with Crippen molar-refractivity contribution in [2.75, 3.05) is 6.54 Å². The summed E-state index contributed by atoms with van der Waals surface area (Å²) in [4.78, 5) is 60.1. The van der Waals surface area contributed by atoms with E-state index in [4.69, 9.17) is 5.73 Å². The van der Waals surface area contributed by atoms with Crippen molar-refractivity contribution in [1.82, 2.24) is 26.4 Å². The van der Waals surface area contributed by atoms with E-state index < -0.39 is 35.8 Å². The number of hydrogen-bond acceptors (Lipinski definition) is 6. The summed E-state index contributed by atoms with van der Waals surface area (Å²) in [5.41, 5.74) is 7.68. The van der Waals surface area contributed by atoms with E-state index in [-0.39, 0.29) is 30.8 Å². The molecule has 2 unspecified atom stereocenters. The molecule has 1 aliphatic rings. The van der Waals surface area contributed by atoms with Crippen LogP contribution < -0.4 is 27.1 Å². The molecule has 172 valence electrons.